The van der Waals surface area contributed by atoms with Crippen molar-refractivity contribution in [3.05, 3.63) is 29.8 Å². The van der Waals surface area contributed by atoms with Gasteiger partial charge in [-0.2, -0.15) is 0 Å². The van der Waals surface area contributed by atoms with Gasteiger partial charge in [-0.3, -0.25) is 9.59 Å². The third-order valence-electron chi connectivity index (χ3n) is 3.40. The van der Waals surface area contributed by atoms with E-state index < -0.39 is 11.9 Å². The number of hydrogen-bond donors (Lipinski definition) is 1. The van der Waals surface area contributed by atoms with E-state index in [2.05, 4.69) is 0 Å². The van der Waals surface area contributed by atoms with Crippen molar-refractivity contribution in [1.82, 2.24) is 4.90 Å². The fourth-order valence-corrected chi connectivity index (χ4v) is 2.22. The molecule has 1 aromatic carbocycles. The summed E-state index contributed by atoms with van der Waals surface area (Å²) < 4.78 is 5.05. The van der Waals surface area contributed by atoms with E-state index >= 15 is 0 Å². The lowest BCUT2D eigenvalue weighted by Crippen LogP contribution is -2.31. The molecule has 1 fully saturated rings. The van der Waals surface area contributed by atoms with Crippen LogP contribution < -0.4 is 4.74 Å². The molecule has 110 valence electrons. The first kappa shape index (κ1) is 16.3. The monoisotopic (exact) mass is 299 g/mol. The SMILES string of the molecule is COc1ccc(CC(=O)N2CCC(C(=O)O)C2)cc1.Cl. The molecule has 1 aliphatic heterocycles. The number of carbonyl (C=O) groups excluding carboxylic acids is 1. The van der Waals surface area contributed by atoms with E-state index in [1.54, 1.807) is 12.0 Å². The average Bonchev–Trinajstić information content (AvgIpc) is 2.89. The minimum atomic E-state index is -0.820. The van der Waals surface area contributed by atoms with Crippen LogP contribution in [-0.4, -0.2) is 42.1 Å². The molecule has 0 aliphatic carbocycles. The van der Waals surface area contributed by atoms with Crippen LogP contribution in [0, 0.1) is 5.92 Å². The third-order valence-corrected chi connectivity index (χ3v) is 3.40. The Hall–Kier alpha value is -1.75. The van der Waals surface area contributed by atoms with Gasteiger partial charge < -0.3 is 14.7 Å². The molecule has 1 saturated heterocycles. The van der Waals surface area contributed by atoms with Crippen molar-refractivity contribution in [3.8, 4) is 5.75 Å². The number of likely N-dealkylation sites (tertiary alicyclic amines) is 1. The Labute approximate surface area is 123 Å². The number of carboxylic acid groups (broad SMARTS) is 1. The molecule has 1 aromatic rings. The Bertz CT molecular complexity index is 475. The summed E-state index contributed by atoms with van der Waals surface area (Å²) in [5, 5.41) is 8.91. The van der Waals surface area contributed by atoms with Gasteiger partial charge in [-0.15, -0.1) is 12.4 Å². The normalized spacial score (nSPS) is 17.4. The molecule has 1 aliphatic rings. The summed E-state index contributed by atoms with van der Waals surface area (Å²) in [6.07, 6.45) is 0.847. The number of nitrogens with zero attached hydrogens (tertiary/aromatic N) is 1. The maximum atomic E-state index is 12.0. The number of ether oxygens (including phenoxy) is 1. The summed E-state index contributed by atoms with van der Waals surface area (Å²) in [5.41, 5.74) is 0.907. The summed E-state index contributed by atoms with van der Waals surface area (Å²) >= 11 is 0. The van der Waals surface area contributed by atoms with Gasteiger partial charge in [0.05, 0.1) is 19.4 Å². The van der Waals surface area contributed by atoms with Crippen LogP contribution in [0.1, 0.15) is 12.0 Å². The van der Waals surface area contributed by atoms with Crippen molar-refractivity contribution in [3.63, 3.8) is 0 Å². The van der Waals surface area contributed by atoms with E-state index in [1.807, 2.05) is 24.3 Å². The van der Waals surface area contributed by atoms with E-state index in [9.17, 15) is 9.59 Å². The number of carbonyl (C=O) groups is 2. The van der Waals surface area contributed by atoms with Gasteiger partial charge in [0.1, 0.15) is 5.75 Å². The zero-order valence-electron chi connectivity index (χ0n) is 11.2. The summed E-state index contributed by atoms with van der Waals surface area (Å²) in [6.45, 7) is 0.857. The fourth-order valence-electron chi connectivity index (χ4n) is 2.22. The zero-order chi connectivity index (χ0) is 13.8. The second kappa shape index (κ2) is 7.14. The molecule has 1 N–H and O–H groups in total. The van der Waals surface area contributed by atoms with Gasteiger partial charge in [0, 0.05) is 13.1 Å². The Morgan fingerprint density at radius 2 is 2.00 bits per heavy atom. The molecule has 5 nitrogen and oxygen atoms in total. The molecular formula is C14H18ClNO4. The first-order valence-corrected chi connectivity index (χ1v) is 6.23. The van der Waals surface area contributed by atoms with Crippen LogP contribution >= 0.6 is 12.4 Å². The Kier molecular flexibility index (Phi) is 5.82. The Balaban J connectivity index is 0.00000200. The van der Waals surface area contributed by atoms with Crippen LogP contribution in [0.3, 0.4) is 0 Å². The van der Waals surface area contributed by atoms with Crippen LogP contribution in [0.4, 0.5) is 0 Å². The first-order valence-electron chi connectivity index (χ1n) is 6.23. The van der Waals surface area contributed by atoms with Crippen molar-refractivity contribution < 1.29 is 19.4 Å². The van der Waals surface area contributed by atoms with Crippen LogP contribution in [0.5, 0.6) is 5.75 Å². The second-order valence-electron chi connectivity index (χ2n) is 4.69. The van der Waals surface area contributed by atoms with E-state index in [0.717, 1.165) is 11.3 Å². The molecule has 0 bridgehead atoms. The molecule has 0 spiro atoms. The zero-order valence-corrected chi connectivity index (χ0v) is 12.1. The summed E-state index contributed by atoms with van der Waals surface area (Å²) in [7, 11) is 1.59. The minimum absolute atomic E-state index is 0. The van der Waals surface area contributed by atoms with Crippen molar-refractivity contribution >= 4 is 24.3 Å². The second-order valence-corrected chi connectivity index (χ2v) is 4.69. The maximum absolute atomic E-state index is 12.0. The average molecular weight is 300 g/mol. The lowest BCUT2D eigenvalue weighted by Gasteiger charge is -2.15. The van der Waals surface area contributed by atoms with Crippen molar-refractivity contribution in [2.24, 2.45) is 5.92 Å². The molecule has 0 aromatic heterocycles. The topological polar surface area (TPSA) is 66.8 Å². The minimum Gasteiger partial charge on any atom is -0.497 e. The molecule has 0 saturated carbocycles. The number of methoxy groups -OCH3 is 1. The highest BCUT2D eigenvalue weighted by molar-refractivity contribution is 5.85. The van der Waals surface area contributed by atoms with E-state index in [0.29, 0.717) is 25.9 Å². The Morgan fingerprint density at radius 1 is 1.35 bits per heavy atom. The number of rotatable bonds is 4. The number of amides is 1. The predicted molar refractivity (Wildman–Crippen MR) is 76.3 cm³/mol. The fraction of sp³-hybridized carbons (Fsp3) is 0.429. The highest BCUT2D eigenvalue weighted by Gasteiger charge is 2.30. The van der Waals surface area contributed by atoms with Crippen LogP contribution in [-0.2, 0) is 16.0 Å². The lowest BCUT2D eigenvalue weighted by atomic mass is 10.1. The molecule has 0 radical (unpaired) electrons. The first-order chi connectivity index (χ1) is 9.10. The van der Waals surface area contributed by atoms with Gasteiger partial charge in [0.15, 0.2) is 0 Å². The molecule has 1 unspecified atom stereocenters. The smallest absolute Gasteiger partial charge is 0.308 e. The highest BCUT2D eigenvalue weighted by Crippen LogP contribution is 2.18. The molecule has 1 amide bonds. The summed E-state index contributed by atoms with van der Waals surface area (Å²) in [4.78, 5) is 24.5. The molecule has 1 atom stereocenters. The third kappa shape index (κ3) is 3.87. The summed E-state index contributed by atoms with van der Waals surface area (Å²) in [6, 6.07) is 7.32. The van der Waals surface area contributed by atoms with E-state index in [-0.39, 0.29) is 18.3 Å². The highest BCUT2D eigenvalue weighted by atomic mass is 35.5. The molecule has 6 heteroatoms. The van der Waals surface area contributed by atoms with Gasteiger partial charge in [0.25, 0.3) is 0 Å². The van der Waals surface area contributed by atoms with E-state index in [4.69, 9.17) is 9.84 Å². The van der Waals surface area contributed by atoms with Gasteiger partial charge >= 0.3 is 5.97 Å². The number of aliphatic carboxylic acids is 1. The molecule has 1 heterocycles. The number of halogens is 1. The van der Waals surface area contributed by atoms with Gasteiger partial charge in [0.2, 0.25) is 5.91 Å². The molecular weight excluding hydrogens is 282 g/mol. The number of carboxylic acids is 1. The van der Waals surface area contributed by atoms with Crippen molar-refractivity contribution in [1.29, 1.82) is 0 Å². The molecule has 2 rings (SSSR count). The van der Waals surface area contributed by atoms with Crippen LogP contribution in [0.15, 0.2) is 24.3 Å². The number of hydrogen-bond acceptors (Lipinski definition) is 3. The summed E-state index contributed by atoms with van der Waals surface area (Å²) in [5.74, 6) is -0.503. The lowest BCUT2D eigenvalue weighted by molar-refractivity contribution is -0.141. The Morgan fingerprint density at radius 3 is 2.50 bits per heavy atom. The number of benzene rings is 1. The van der Waals surface area contributed by atoms with Crippen molar-refractivity contribution in [2.75, 3.05) is 20.2 Å². The van der Waals surface area contributed by atoms with Gasteiger partial charge in [-0.05, 0) is 24.1 Å². The van der Waals surface area contributed by atoms with E-state index in [1.165, 1.54) is 0 Å². The van der Waals surface area contributed by atoms with Gasteiger partial charge in [-0.1, -0.05) is 12.1 Å². The largest absolute Gasteiger partial charge is 0.497 e. The standard InChI is InChI=1S/C14H17NO4.ClH/c1-19-12-4-2-10(3-5-12)8-13(16)15-7-6-11(9-15)14(17)18;/h2-5,11H,6-9H2,1H3,(H,17,18);1H. The van der Waals surface area contributed by atoms with Gasteiger partial charge in [-0.25, -0.2) is 0 Å². The molecule has 20 heavy (non-hydrogen) atoms. The van der Waals surface area contributed by atoms with Crippen LogP contribution in [0.25, 0.3) is 0 Å². The van der Waals surface area contributed by atoms with Crippen LogP contribution in [0.2, 0.25) is 0 Å². The maximum Gasteiger partial charge on any atom is 0.308 e. The quantitative estimate of drug-likeness (QED) is 0.917. The predicted octanol–water partition coefficient (Wildman–Crippen LogP) is 1.59. The van der Waals surface area contributed by atoms with Crippen molar-refractivity contribution in [2.45, 2.75) is 12.8 Å².